The molecule has 0 spiro atoms. The fraction of sp³-hybridized carbons (Fsp3) is 0.500. The van der Waals surface area contributed by atoms with Gasteiger partial charge in [0.25, 0.3) is 0 Å². The smallest absolute Gasteiger partial charge is 0.148 e. The quantitative estimate of drug-likeness (QED) is 0.407. The Hall–Kier alpha value is -1.36. The van der Waals surface area contributed by atoms with Crippen molar-refractivity contribution in [1.82, 2.24) is 10.9 Å². The molecule has 4 N–H and O–H groups in total. The van der Waals surface area contributed by atoms with E-state index >= 15 is 0 Å². The van der Waals surface area contributed by atoms with Crippen LogP contribution in [0, 0.1) is 0 Å². The van der Waals surface area contributed by atoms with E-state index in [0.29, 0.717) is 11.7 Å². The van der Waals surface area contributed by atoms with Crippen molar-refractivity contribution in [2.75, 3.05) is 7.05 Å². The molecule has 0 saturated carbocycles. The first-order valence-corrected chi connectivity index (χ1v) is 4.00. The summed E-state index contributed by atoms with van der Waals surface area (Å²) in [4.78, 5) is 7.76. The number of nitrogens with one attached hydrogen (secondary N) is 2. The Morgan fingerprint density at radius 3 is 2.62 bits per heavy atom. The molecular weight excluding hydrogens is 166 g/mol. The standard InChI is InChI=1S/C8H15N5/c1-8(2)5(6(9)10-3)7(11-4)12-13-8/h12-13H,4H2,1-3H3,(H2,9,10). The van der Waals surface area contributed by atoms with E-state index in [4.69, 9.17) is 5.73 Å². The second-order valence-corrected chi connectivity index (χ2v) is 3.37. The van der Waals surface area contributed by atoms with E-state index in [0.717, 1.165) is 5.57 Å². The third-order valence-corrected chi connectivity index (χ3v) is 2.01. The highest BCUT2D eigenvalue weighted by Gasteiger charge is 2.34. The van der Waals surface area contributed by atoms with Crippen LogP contribution in [0.3, 0.4) is 0 Å². The van der Waals surface area contributed by atoms with Gasteiger partial charge in [0.2, 0.25) is 0 Å². The Morgan fingerprint density at radius 1 is 1.54 bits per heavy atom. The number of aliphatic imine (C=N–C) groups is 2. The summed E-state index contributed by atoms with van der Waals surface area (Å²) in [5.41, 5.74) is 12.3. The molecule has 0 aromatic carbocycles. The summed E-state index contributed by atoms with van der Waals surface area (Å²) in [5.74, 6) is 1.12. The first-order valence-electron chi connectivity index (χ1n) is 4.00. The van der Waals surface area contributed by atoms with E-state index in [1.165, 1.54) is 0 Å². The van der Waals surface area contributed by atoms with E-state index in [1.54, 1.807) is 7.05 Å². The van der Waals surface area contributed by atoms with E-state index in [-0.39, 0.29) is 5.54 Å². The summed E-state index contributed by atoms with van der Waals surface area (Å²) in [6, 6.07) is 0. The minimum atomic E-state index is -0.264. The molecule has 5 heteroatoms. The van der Waals surface area contributed by atoms with Crippen molar-refractivity contribution in [2.45, 2.75) is 19.4 Å². The zero-order valence-corrected chi connectivity index (χ0v) is 8.18. The lowest BCUT2D eigenvalue weighted by Gasteiger charge is -2.20. The number of hydrazine groups is 1. The van der Waals surface area contributed by atoms with Gasteiger partial charge < -0.3 is 11.2 Å². The Labute approximate surface area is 77.8 Å². The fourth-order valence-electron chi connectivity index (χ4n) is 1.31. The summed E-state index contributed by atoms with van der Waals surface area (Å²) in [5, 5.41) is 0. The van der Waals surface area contributed by atoms with Crippen molar-refractivity contribution in [2.24, 2.45) is 15.7 Å². The van der Waals surface area contributed by atoms with E-state index < -0.39 is 0 Å². The minimum absolute atomic E-state index is 0.264. The predicted octanol–water partition coefficient (Wildman–Crippen LogP) is -0.228. The molecule has 0 radical (unpaired) electrons. The third-order valence-electron chi connectivity index (χ3n) is 2.01. The third kappa shape index (κ3) is 1.55. The summed E-state index contributed by atoms with van der Waals surface area (Å²) >= 11 is 0. The highest BCUT2D eigenvalue weighted by Crippen LogP contribution is 2.23. The van der Waals surface area contributed by atoms with Gasteiger partial charge in [0.15, 0.2) is 0 Å². The zero-order valence-electron chi connectivity index (χ0n) is 8.18. The lowest BCUT2D eigenvalue weighted by atomic mass is 9.95. The monoisotopic (exact) mass is 181 g/mol. The number of rotatable bonds is 2. The average molecular weight is 181 g/mol. The van der Waals surface area contributed by atoms with Gasteiger partial charge in [0, 0.05) is 7.05 Å². The lowest BCUT2D eigenvalue weighted by Crippen LogP contribution is -2.43. The maximum absolute atomic E-state index is 5.74. The molecular formula is C8H15N5. The molecule has 13 heavy (non-hydrogen) atoms. The largest absolute Gasteiger partial charge is 0.384 e. The van der Waals surface area contributed by atoms with Gasteiger partial charge in [-0.3, -0.25) is 4.99 Å². The van der Waals surface area contributed by atoms with Crippen LogP contribution in [0.25, 0.3) is 0 Å². The van der Waals surface area contributed by atoms with Gasteiger partial charge >= 0.3 is 0 Å². The van der Waals surface area contributed by atoms with Gasteiger partial charge in [-0.25, -0.2) is 10.4 Å². The van der Waals surface area contributed by atoms with Crippen LogP contribution >= 0.6 is 0 Å². The minimum Gasteiger partial charge on any atom is -0.384 e. The van der Waals surface area contributed by atoms with Crippen LogP contribution in [0.15, 0.2) is 21.4 Å². The highest BCUT2D eigenvalue weighted by molar-refractivity contribution is 6.00. The molecule has 1 heterocycles. The number of hydrogen-bond acceptors (Lipinski definition) is 4. The summed E-state index contributed by atoms with van der Waals surface area (Å²) in [7, 11) is 1.65. The molecule has 0 unspecified atom stereocenters. The average Bonchev–Trinajstić information content (AvgIpc) is 2.39. The van der Waals surface area contributed by atoms with Crippen LogP contribution in [-0.4, -0.2) is 25.1 Å². The molecule has 0 fully saturated rings. The number of nitrogens with zero attached hydrogens (tertiary/aromatic N) is 2. The van der Waals surface area contributed by atoms with Crippen LogP contribution in [0.4, 0.5) is 0 Å². The molecule has 0 aromatic heterocycles. The molecule has 1 aliphatic rings. The molecule has 1 aliphatic heterocycles. The first-order chi connectivity index (χ1) is 6.03. The molecule has 5 nitrogen and oxygen atoms in total. The fourth-order valence-corrected chi connectivity index (χ4v) is 1.31. The second kappa shape index (κ2) is 3.18. The maximum atomic E-state index is 5.74. The van der Waals surface area contributed by atoms with Crippen LogP contribution in [0.5, 0.6) is 0 Å². The van der Waals surface area contributed by atoms with Gasteiger partial charge in [-0.2, -0.15) is 0 Å². The highest BCUT2D eigenvalue weighted by atomic mass is 15.5. The summed E-state index contributed by atoms with van der Waals surface area (Å²) in [6.07, 6.45) is 0. The van der Waals surface area contributed by atoms with E-state index in [9.17, 15) is 0 Å². The van der Waals surface area contributed by atoms with Gasteiger partial charge in [-0.1, -0.05) is 0 Å². The topological polar surface area (TPSA) is 74.8 Å². The number of hydrogen-bond donors (Lipinski definition) is 3. The van der Waals surface area contributed by atoms with Crippen molar-refractivity contribution in [3.63, 3.8) is 0 Å². The van der Waals surface area contributed by atoms with Crippen LogP contribution in [-0.2, 0) is 0 Å². The van der Waals surface area contributed by atoms with Crippen LogP contribution in [0.2, 0.25) is 0 Å². The van der Waals surface area contributed by atoms with Crippen LogP contribution < -0.4 is 16.6 Å². The molecule has 0 atom stereocenters. The Bertz CT molecular complexity index is 287. The molecule has 0 bridgehead atoms. The number of nitrogens with two attached hydrogens (primary N) is 1. The van der Waals surface area contributed by atoms with Gasteiger partial charge in [-0.15, -0.1) is 0 Å². The van der Waals surface area contributed by atoms with Crippen molar-refractivity contribution in [3.05, 3.63) is 11.4 Å². The molecule has 0 saturated heterocycles. The first kappa shape index (κ1) is 9.73. The Kier molecular flexibility index (Phi) is 2.38. The van der Waals surface area contributed by atoms with Crippen molar-refractivity contribution in [3.8, 4) is 0 Å². The van der Waals surface area contributed by atoms with Gasteiger partial charge in [0.1, 0.15) is 11.7 Å². The maximum Gasteiger partial charge on any atom is 0.148 e. The zero-order chi connectivity index (χ0) is 10.1. The molecule has 72 valence electrons. The van der Waals surface area contributed by atoms with Gasteiger partial charge in [0.05, 0.1) is 11.1 Å². The Morgan fingerprint density at radius 2 is 2.15 bits per heavy atom. The second-order valence-electron chi connectivity index (χ2n) is 3.37. The van der Waals surface area contributed by atoms with Crippen molar-refractivity contribution in [1.29, 1.82) is 0 Å². The summed E-state index contributed by atoms with van der Waals surface area (Å²) < 4.78 is 0. The van der Waals surface area contributed by atoms with E-state index in [1.807, 2.05) is 13.8 Å². The van der Waals surface area contributed by atoms with E-state index in [2.05, 4.69) is 27.6 Å². The molecule has 0 aliphatic carbocycles. The van der Waals surface area contributed by atoms with Crippen molar-refractivity contribution >= 4 is 12.6 Å². The van der Waals surface area contributed by atoms with Crippen LogP contribution in [0.1, 0.15) is 13.8 Å². The molecule has 0 amide bonds. The molecule has 1 rings (SSSR count). The normalized spacial score (nSPS) is 21.6. The SMILES string of the molecule is C=NC1=C(/C(N)=N\C)C(C)(C)NN1. The Balaban J connectivity index is 3.18. The van der Waals surface area contributed by atoms with Gasteiger partial charge in [-0.05, 0) is 20.6 Å². The lowest BCUT2D eigenvalue weighted by molar-refractivity contribution is 0.461. The predicted molar refractivity (Wildman–Crippen MR) is 54.5 cm³/mol. The number of amidine groups is 1. The molecule has 0 aromatic rings. The summed E-state index contributed by atoms with van der Waals surface area (Å²) in [6.45, 7) is 7.44. The van der Waals surface area contributed by atoms with Crippen molar-refractivity contribution < 1.29 is 0 Å².